The summed E-state index contributed by atoms with van der Waals surface area (Å²) >= 11 is 18.3. The fourth-order valence-electron chi connectivity index (χ4n) is 1.24. The lowest BCUT2D eigenvalue weighted by Crippen LogP contribution is -2.11. The Hall–Kier alpha value is -0.490. The number of nitrogens with one attached hydrogen (secondary N) is 1. The number of hydrogen-bond acceptors (Lipinski definition) is 2. The molecule has 2 rings (SSSR count). The number of anilines is 1. The first-order valence-electron chi connectivity index (χ1n) is 4.69. The number of carbonyl (C=O) groups is 1. The van der Waals surface area contributed by atoms with Crippen molar-refractivity contribution in [1.29, 1.82) is 0 Å². The second kappa shape index (κ2) is 5.65. The summed E-state index contributed by atoms with van der Waals surface area (Å²) in [5.41, 5.74) is 0.419. The number of hydrogen-bond donors (Lipinski definition) is 1. The van der Waals surface area contributed by atoms with Crippen LogP contribution in [-0.2, 0) is 0 Å². The van der Waals surface area contributed by atoms with E-state index < -0.39 is 5.91 Å². The summed E-state index contributed by atoms with van der Waals surface area (Å²) in [5.74, 6) is -0.224. The van der Waals surface area contributed by atoms with Crippen LogP contribution in [0.1, 0.15) is 10.6 Å². The second-order valence-corrected chi connectivity index (χ2v) is 5.67. The van der Waals surface area contributed by atoms with E-state index in [0.717, 1.165) is 0 Å². The molecular weight excluding hydrogens is 409 g/mol. The predicted octanol–water partition coefficient (Wildman–Crippen LogP) is 5.36. The second-order valence-electron chi connectivity index (χ2n) is 3.28. The highest BCUT2D eigenvalue weighted by molar-refractivity contribution is 9.10. The van der Waals surface area contributed by atoms with Crippen LogP contribution in [0, 0.1) is 0 Å². The molecule has 0 unspecified atom stereocenters. The Balaban J connectivity index is 2.25. The van der Waals surface area contributed by atoms with Crippen molar-refractivity contribution in [2.24, 2.45) is 0 Å². The van der Waals surface area contributed by atoms with Crippen LogP contribution in [0.3, 0.4) is 0 Å². The van der Waals surface area contributed by atoms with Gasteiger partial charge in [0.05, 0.1) is 15.7 Å². The molecular formula is C11H5Br2Cl2NO2. The average Bonchev–Trinajstić information content (AvgIpc) is 2.77. The predicted molar refractivity (Wildman–Crippen MR) is 78.5 cm³/mol. The Bertz CT molecular complexity index is 613. The summed E-state index contributed by atoms with van der Waals surface area (Å²) in [6.45, 7) is 0. The maximum Gasteiger partial charge on any atom is 0.291 e. The van der Waals surface area contributed by atoms with Crippen molar-refractivity contribution in [3.8, 4) is 0 Å². The van der Waals surface area contributed by atoms with E-state index >= 15 is 0 Å². The number of halogens is 4. The van der Waals surface area contributed by atoms with Gasteiger partial charge in [0.1, 0.15) is 0 Å². The number of rotatable bonds is 2. The summed E-state index contributed by atoms with van der Waals surface area (Å²) in [7, 11) is 0. The van der Waals surface area contributed by atoms with E-state index in [1.807, 2.05) is 0 Å². The Morgan fingerprint density at radius 2 is 1.83 bits per heavy atom. The van der Waals surface area contributed by atoms with Gasteiger partial charge in [0, 0.05) is 4.47 Å². The number of furan rings is 1. The van der Waals surface area contributed by atoms with Gasteiger partial charge in [-0.05, 0) is 56.1 Å². The van der Waals surface area contributed by atoms with Crippen molar-refractivity contribution in [3.05, 3.63) is 49.2 Å². The molecule has 2 aromatic rings. The standard InChI is InChI=1S/C11H5Br2Cl2NO2/c12-5-1-2-6(10(15)9(5)14)16-11(17)7-3-4-8(13)18-7/h1-4H,(H,16,17). The zero-order chi connectivity index (χ0) is 13.3. The van der Waals surface area contributed by atoms with Crippen LogP contribution in [0.25, 0.3) is 0 Å². The van der Waals surface area contributed by atoms with E-state index in [9.17, 15) is 4.79 Å². The van der Waals surface area contributed by atoms with Crippen LogP contribution in [0.4, 0.5) is 5.69 Å². The molecule has 3 nitrogen and oxygen atoms in total. The summed E-state index contributed by atoms with van der Waals surface area (Å²) in [6.07, 6.45) is 0. The summed E-state index contributed by atoms with van der Waals surface area (Å²) in [6, 6.07) is 6.52. The molecule has 1 aromatic carbocycles. The Morgan fingerprint density at radius 1 is 1.11 bits per heavy atom. The van der Waals surface area contributed by atoms with Gasteiger partial charge in [0.15, 0.2) is 10.4 Å². The van der Waals surface area contributed by atoms with E-state index in [1.165, 1.54) is 0 Å². The van der Waals surface area contributed by atoms with Crippen LogP contribution in [0.15, 0.2) is 37.8 Å². The van der Waals surface area contributed by atoms with Crippen molar-refractivity contribution >= 4 is 66.7 Å². The summed E-state index contributed by atoms with van der Waals surface area (Å²) < 4.78 is 6.27. The molecule has 1 N–H and O–H groups in total. The van der Waals surface area contributed by atoms with Gasteiger partial charge in [-0.15, -0.1) is 0 Å². The lowest BCUT2D eigenvalue weighted by Gasteiger charge is -2.08. The van der Waals surface area contributed by atoms with Crippen LogP contribution in [-0.4, -0.2) is 5.91 Å². The van der Waals surface area contributed by atoms with Crippen molar-refractivity contribution in [3.63, 3.8) is 0 Å². The molecule has 18 heavy (non-hydrogen) atoms. The monoisotopic (exact) mass is 411 g/mol. The Morgan fingerprint density at radius 3 is 2.44 bits per heavy atom. The Kier molecular flexibility index (Phi) is 4.37. The molecule has 0 fully saturated rings. The molecule has 1 amide bonds. The molecule has 7 heteroatoms. The third kappa shape index (κ3) is 2.91. The highest BCUT2D eigenvalue weighted by Gasteiger charge is 2.14. The summed E-state index contributed by atoms with van der Waals surface area (Å²) in [4.78, 5) is 11.8. The van der Waals surface area contributed by atoms with Crippen LogP contribution in [0.5, 0.6) is 0 Å². The van der Waals surface area contributed by atoms with Crippen molar-refractivity contribution < 1.29 is 9.21 Å². The lowest BCUT2D eigenvalue weighted by atomic mass is 10.3. The highest BCUT2D eigenvalue weighted by atomic mass is 79.9. The van der Waals surface area contributed by atoms with Gasteiger partial charge >= 0.3 is 0 Å². The first-order valence-corrected chi connectivity index (χ1v) is 7.03. The molecule has 0 aliphatic carbocycles. The topological polar surface area (TPSA) is 42.2 Å². The zero-order valence-corrected chi connectivity index (χ0v) is 13.3. The molecule has 1 heterocycles. The van der Waals surface area contributed by atoms with Gasteiger partial charge in [0.25, 0.3) is 5.91 Å². The first-order chi connectivity index (χ1) is 8.49. The number of carbonyl (C=O) groups excluding carboxylic acids is 1. The van der Waals surface area contributed by atoms with E-state index in [2.05, 4.69) is 37.2 Å². The zero-order valence-electron chi connectivity index (χ0n) is 8.64. The average molecular weight is 414 g/mol. The highest BCUT2D eigenvalue weighted by Crippen LogP contribution is 2.36. The van der Waals surface area contributed by atoms with Gasteiger partial charge in [-0.25, -0.2) is 0 Å². The molecule has 0 atom stereocenters. The minimum atomic E-state index is -0.402. The number of amides is 1. The molecule has 0 aliphatic rings. The Labute approximate surface area is 130 Å². The van der Waals surface area contributed by atoms with Crippen molar-refractivity contribution in [1.82, 2.24) is 0 Å². The van der Waals surface area contributed by atoms with Gasteiger partial charge in [-0.3, -0.25) is 4.79 Å². The largest absolute Gasteiger partial charge is 0.444 e. The first kappa shape index (κ1) is 13.9. The number of benzene rings is 1. The molecule has 1 aromatic heterocycles. The third-order valence-electron chi connectivity index (χ3n) is 2.08. The van der Waals surface area contributed by atoms with E-state index in [4.69, 9.17) is 27.6 Å². The van der Waals surface area contributed by atoms with Crippen molar-refractivity contribution in [2.75, 3.05) is 5.32 Å². The van der Waals surface area contributed by atoms with Crippen LogP contribution < -0.4 is 5.32 Å². The normalized spacial score (nSPS) is 10.4. The lowest BCUT2D eigenvalue weighted by molar-refractivity contribution is 0.0995. The third-order valence-corrected chi connectivity index (χ3v) is 4.28. The molecule has 0 saturated heterocycles. The van der Waals surface area contributed by atoms with Gasteiger partial charge in [-0.1, -0.05) is 23.2 Å². The fourth-order valence-corrected chi connectivity index (χ4v) is 2.37. The fraction of sp³-hybridized carbons (Fsp3) is 0. The van der Waals surface area contributed by atoms with Crippen LogP contribution in [0.2, 0.25) is 10.0 Å². The smallest absolute Gasteiger partial charge is 0.291 e. The molecule has 0 radical (unpaired) electrons. The maximum absolute atomic E-state index is 11.8. The summed E-state index contributed by atoms with van der Waals surface area (Å²) in [5, 5.41) is 3.23. The van der Waals surface area contributed by atoms with Crippen LogP contribution >= 0.6 is 55.1 Å². The maximum atomic E-state index is 11.8. The quantitative estimate of drug-likeness (QED) is 0.673. The van der Waals surface area contributed by atoms with E-state index in [0.29, 0.717) is 19.9 Å². The van der Waals surface area contributed by atoms with Gasteiger partial charge in [-0.2, -0.15) is 0 Å². The van der Waals surface area contributed by atoms with E-state index in [-0.39, 0.29) is 10.8 Å². The van der Waals surface area contributed by atoms with Crippen molar-refractivity contribution in [2.45, 2.75) is 0 Å². The minimum Gasteiger partial charge on any atom is -0.444 e. The molecule has 0 aliphatic heterocycles. The molecule has 0 spiro atoms. The van der Waals surface area contributed by atoms with E-state index in [1.54, 1.807) is 24.3 Å². The minimum absolute atomic E-state index is 0.178. The molecule has 0 saturated carbocycles. The SMILES string of the molecule is O=C(Nc1ccc(Br)c(Cl)c1Cl)c1ccc(Br)o1. The van der Waals surface area contributed by atoms with Gasteiger partial charge < -0.3 is 9.73 Å². The molecule has 0 bridgehead atoms. The van der Waals surface area contributed by atoms with Gasteiger partial charge in [0.2, 0.25) is 0 Å². The molecule has 94 valence electrons.